The number of rotatable bonds is 5. The van der Waals surface area contributed by atoms with Crippen molar-refractivity contribution >= 4 is 6.09 Å². The highest BCUT2D eigenvalue weighted by Gasteiger charge is 2.34. The summed E-state index contributed by atoms with van der Waals surface area (Å²) in [6.45, 7) is 12.4. The smallest absolute Gasteiger partial charge is 0.407 e. The Morgan fingerprint density at radius 2 is 1.86 bits per heavy atom. The second kappa shape index (κ2) is 7.15. The van der Waals surface area contributed by atoms with Gasteiger partial charge in [0.1, 0.15) is 5.60 Å². The van der Waals surface area contributed by atoms with E-state index in [-0.39, 0.29) is 18.2 Å². The third kappa shape index (κ3) is 5.11. The van der Waals surface area contributed by atoms with Crippen LogP contribution in [0.3, 0.4) is 0 Å². The van der Waals surface area contributed by atoms with Crippen LogP contribution in [0.5, 0.6) is 0 Å². The van der Waals surface area contributed by atoms with Crippen LogP contribution in [0.1, 0.15) is 40.5 Å². The number of carbonyl (C=O) groups is 1. The fourth-order valence-electron chi connectivity index (χ4n) is 3.13. The van der Waals surface area contributed by atoms with E-state index in [1.54, 1.807) is 0 Å². The molecule has 0 spiro atoms. The molecule has 6 heteroatoms. The van der Waals surface area contributed by atoms with Gasteiger partial charge < -0.3 is 15.8 Å². The predicted octanol–water partition coefficient (Wildman–Crippen LogP) is 1.01. The van der Waals surface area contributed by atoms with E-state index in [9.17, 15) is 4.79 Å². The molecule has 2 aliphatic rings. The predicted molar refractivity (Wildman–Crippen MR) is 87.8 cm³/mol. The third-order valence-electron chi connectivity index (χ3n) is 4.44. The maximum Gasteiger partial charge on any atom is 0.407 e. The van der Waals surface area contributed by atoms with Crippen LogP contribution in [0, 0.1) is 0 Å². The number of nitrogens with zero attached hydrogens (tertiary/aromatic N) is 2. The van der Waals surface area contributed by atoms with Crippen molar-refractivity contribution < 1.29 is 9.53 Å². The zero-order chi connectivity index (χ0) is 16.3. The summed E-state index contributed by atoms with van der Waals surface area (Å²) in [6.07, 6.45) is 2.35. The Morgan fingerprint density at radius 1 is 1.27 bits per heavy atom. The lowest BCUT2D eigenvalue weighted by Gasteiger charge is -2.41. The quantitative estimate of drug-likeness (QED) is 0.793. The third-order valence-corrected chi connectivity index (χ3v) is 4.44. The Labute approximate surface area is 134 Å². The number of carbonyl (C=O) groups excluding carboxylic acids is 1. The molecule has 1 saturated carbocycles. The average molecular weight is 312 g/mol. The van der Waals surface area contributed by atoms with Crippen molar-refractivity contribution in [1.29, 1.82) is 0 Å². The highest BCUT2D eigenvalue weighted by molar-refractivity contribution is 5.68. The summed E-state index contributed by atoms with van der Waals surface area (Å²) in [5, 5.41) is 2.93. The van der Waals surface area contributed by atoms with Gasteiger partial charge in [-0.05, 0) is 40.5 Å². The summed E-state index contributed by atoms with van der Waals surface area (Å²) in [7, 11) is 0. The van der Waals surface area contributed by atoms with Gasteiger partial charge in [0.25, 0.3) is 0 Å². The van der Waals surface area contributed by atoms with Gasteiger partial charge in [-0.3, -0.25) is 9.80 Å². The number of piperazine rings is 1. The van der Waals surface area contributed by atoms with Crippen LogP contribution < -0.4 is 11.1 Å². The van der Waals surface area contributed by atoms with Crippen molar-refractivity contribution in [2.24, 2.45) is 5.73 Å². The number of nitrogens with one attached hydrogen (secondary N) is 1. The normalized spacial score (nSPS) is 23.9. The van der Waals surface area contributed by atoms with Crippen LogP contribution in [0.4, 0.5) is 4.79 Å². The lowest BCUT2D eigenvalue weighted by atomic mass is 10.1. The van der Waals surface area contributed by atoms with Crippen molar-refractivity contribution in [1.82, 2.24) is 15.1 Å². The number of nitrogens with two attached hydrogens (primary N) is 1. The van der Waals surface area contributed by atoms with Crippen molar-refractivity contribution in [3.8, 4) is 0 Å². The molecule has 0 bridgehead atoms. The van der Waals surface area contributed by atoms with Crippen molar-refractivity contribution in [2.45, 2.75) is 64.3 Å². The summed E-state index contributed by atoms with van der Waals surface area (Å²) in [6, 6.07) is 0.969. The molecule has 2 fully saturated rings. The Bertz CT molecular complexity index is 371. The number of hydrogen-bond donors (Lipinski definition) is 2. The minimum absolute atomic E-state index is 0.0210. The van der Waals surface area contributed by atoms with Crippen LogP contribution in [-0.4, -0.2) is 72.3 Å². The summed E-state index contributed by atoms with van der Waals surface area (Å²) < 4.78 is 5.33. The molecule has 0 aromatic rings. The van der Waals surface area contributed by atoms with Gasteiger partial charge in [0.2, 0.25) is 0 Å². The van der Waals surface area contributed by atoms with E-state index in [1.807, 2.05) is 27.7 Å². The number of alkyl carbamates (subject to hydrolysis) is 1. The zero-order valence-corrected chi connectivity index (χ0v) is 14.5. The first-order valence-corrected chi connectivity index (χ1v) is 8.48. The molecule has 2 atom stereocenters. The fraction of sp³-hybridized carbons (Fsp3) is 0.938. The molecule has 128 valence electrons. The van der Waals surface area contributed by atoms with E-state index in [2.05, 4.69) is 15.1 Å². The van der Waals surface area contributed by atoms with E-state index in [1.165, 1.54) is 12.8 Å². The fourth-order valence-corrected chi connectivity index (χ4v) is 3.13. The molecule has 2 rings (SSSR count). The molecule has 1 saturated heterocycles. The van der Waals surface area contributed by atoms with Gasteiger partial charge in [-0.15, -0.1) is 0 Å². The van der Waals surface area contributed by atoms with E-state index >= 15 is 0 Å². The van der Waals surface area contributed by atoms with E-state index < -0.39 is 5.60 Å². The molecular formula is C16H32N4O2. The standard InChI is InChI=1S/C16H32N4O2/c1-12(18-15(21)22-16(2,3)4)14(11-17)20-9-7-19(8-10-20)13-5-6-13/h12-14H,5-11,17H2,1-4H3,(H,18,21). The molecule has 2 unspecified atom stereocenters. The van der Waals surface area contributed by atoms with Crippen LogP contribution in [0.25, 0.3) is 0 Å². The Hall–Kier alpha value is -0.850. The Balaban J connectivity index is 1.81. The summed E-state index contributed by atoms with van der Waals surface area (Å²) in [5.74, 6) is 0. The van der Waals surface area contributed by atoms with Gasteiger partial charge in [-0.2, -0.15) is 0 Å². The number of amides is 1. The van der Waals surface area contributed by atoms with Crippen molar-refractivity contribution in [2.75, 3.05) is 32.7 Å². The molecular weight excluding hydrogens is 280 g/mol. The van der Waals surface area contributed by atoms with Gasteiger partial charge in [-0.1, -0.05) is 0 Å². The maximum absolute atomic E-state index is 11.9. The van der Waals surface area contributed by atoms with Gasteiger partial charge in [-0.25, -0.2) is 4.79 Å². The van der Waals surface area contributed by atoms with Crippen molar-refractivity contribution in [3.05, 3.63) is 0 Å². The number of ether oxygens (including phenoxy) is 1. The Kier molecular flexibility index (Phi) is 5.69. The molecule has 0 radical (unpaired) electrons. The monoisotopic (exact) mass is 312 g/mol. The molecule has 1 heterocycles. The summed E-state index contributed by atoms with van der Waals surface area (Å²) in [5.41, 5.74) is 5.49. The first kappa shape index (κ1) is 17.5. The molecule has 1 aliphatic heterocycles. The Morgan fingerprint density at radius 3 is 2.32 bits per heavy atom. The van der Waals surface area contributed by atoms with Gasteiger partial charge in [0.15, 0.2) is 0 Å². The topological polar surface area (TPSA) is 70.8 Å². The first-order valence-electron chi connectivity index (χ1n) is 8.48. The average Bonchev–Trinajstić information content (AvgIpc) is 3.22. The minimum atomic E-state index is -0.474. The second-order valence-corrected chi connectivity index (χ2v) is 7.54. The van der Waals surface area contributed by atoms with E-state index in [0.29, 0.717) is 6.54 Å². The molecule has 6 nitrogen and oxygen atoms in total. The lowest BCUT2D eigenvalue weighted by Crippen LogP contribution is -2.59. The summed E-state index contributed by atoms with van der Waals surface area (Å²) >= 11 is 0. The highest BCUT2D eigenvalue weighted by Crippen LogP contribution is 2.27. The SMILES string of the molecule is CC(NC(=O)OC(C)(C)C)C(CN)N1CCN(C2CC2)CC1. The van der Waals surface area contributed by atoms with Crippen LogP contribution >= 0.6 is 0 Å². The molecule has 0 aromatic carbocycles. The molecule has 3 N–H and O–H groups in total. The molecule has 1 aliphatic carbocycles. The van der Waals surface area contributed by atoms with Gasteiger partial charge in [0.05, 0.1) is 0 Å². The van der Waals surface area contributed by atoms with Crippen LogP contribution in [-0.2, 0) is 4.74 Å². The summed E-state index contributed by atoms with van der Waals surface area (Å²) in [4.78, 5) is 16.9. The largest absolute Gasteiger partial charge is 0.444 e. The van der Waals surface area contributed by atoms with Gasteiger partial charge in [0, 0.05) is 50.8 Å². The van der Waals surface area contributed by atoms with Crippen molar-refractivity contribution in [3.63, 3.8) is 0 Å². The first-order chi connectivity index (χ1) is 10.3. The molecule has 0 aromatic heterocycles. The highest BCUT2D eigenvalue weighted by atomic mass is 16.6. The van der Waals surface area contributed by atoms with Gasteiger partial charge >= 0.3 is 6.09 Å². The number of hydrogen-bond acceptors (Lipinski definition) is 5. The van der Waals surface area contributed by atoms with E-state index in [4.69, 9.17) is 10.5 Å². The molecule has 1 amide bonds. The second-order valence-electron chi connectivity index (χ2n) is 7.54. The van der Waals surface area contributed by atoms with E-state index in [0.717, 1.165) is 32.2 Å². The lowest BCUT2D eigenvalue weighted by molar-refractivity contribution is 0.0426. The maximum atomic E-state index is 11.9. The van der Waals surface area contributed by atoms with Crippen LogP contribution in [0.15, 0.2) is 0 Å². The minimum Gasteiger partial charge on any atom is -0.444 e. The van der Waals surface area contributed by atoms with Crippen LogP contribution in [0.2, 0.25) is 0 Å². The zero-order valence-electron chi connectivity index (χ0n) is 14.5. The molecule has 22 heavy (non-hydrogen) atoms.